The lowest BCUT2D eigenvalue weighted by Crippen LogP contribution is -2.40. The van der Waals surface area contributed by atoms with E-state index in [4.69, 9.17) is 51.2 Å². The maximum Gasteiger partial charge on any atom is 0.431 e. The van der Waals surface area contributed by atoms with Gasteiger partial charge in [-0.1, -0.05) is 48.9 Å². The normalized spacial score (nSPS) is 11.5. The number of nitro benzene ring substituents is 1. The van der Waals surface area contributed by atoms with Crippen LogP contribution in [0.15, 0.2) is 101 Å². The fourth-order valence-electron chi connectivity index (χ4n) is 5.16. The molecule has 0 aliphatic rings. The number of carboxylic acids is 1. The highest BCUT2D eigenvalue weighted by Gasteiger charge is 2.35. The van der Waals surface area contributed by atoms with Crippen LogP contribution in [0.3, 0.4) is 0 Å². The number of methoxy groups -OCH3 is 1. The van der Waals surface area contributed by atoms with Crippen LogP contribution in [0.5, 0.6) is 23.0 Å². The summed E-state index contributed by atoms with van der Waals surface area (Å²) in [6.45, 7) is 3.19. The summed E-state index contributed by atoms with van der Waals surface area (Å²) in [5.74, 6) is 0.0295. The Morgan fingerprint density at radius 2 is 1.62 bits per heavy atom. The van der Waals surface area contributed by atoms with Crippen LogP contribution >= 0.6 is 19.2 Å². The maximum absolute atomic E-state index is 13.1. The number of halogens is 4. The summed E-state index contributed by atoms with van der Waals surface area (Å²) in [6.07, 6.45) is -5.51. The van der Waals surface area contributed by atoms with Crippen LogP contribution < -0.4 is 36.5 Å². The molecule has 0 amide bonds. The number of para-hydroxylation sites is 1. The number of nitro groups is 1. The van der Waals surface area contributed by atoms with E-state index >= 15 is 0 Å². The second-order valence-corrected chi connectivity index (χ2v) is 15.1. The van der Waals surface area contributed by atoms with Crippen molar-refractivity contribution in [2.75, 3.05) is 25.7 Å². The molecule has 0 saturated heterocycles. The maximum atomic E-state index is 13.1. The zero-order chi connectivity index (χ0) is 47.9. The molecule has 5 aromatic rings. The molecule has 4 aromatic carbocycles. The monoisotopic (exact) mass is 939 g/mol. The number of ether oxygens (including phenoxy) is 4. The number of hydrogen-bond acceptors (Lipinski definition) is 13. The van der Waals surface area contributed by atoms with Gasteiger partial charge in [0.25, 0.3) is 11.2 Å². The minimum atomic E-state index is -4.84. The molecule has 0 spiro atoms. The third-order valence-corrected chi connectivity index (χ3v) is 9.38. The summed E-state index contributed by atoms with van der Waals surface area (Å²) in [7, 11) is -1.88. The number of nitrogens with two attached hydrogens (primary N) is 1. The van der Waals surface area contributed by atoms with Gasteiger partial charge in [0.2, 0.25) is 0 Å². The summed E-state index contributed by atoms with van der Waals surface area (Å²) < 4.78 is 72.0. The number of aromatic nitrogens is 2. The molecule has 1 atom stereocenters. The number of carbonyl (C=O) groups is 2. The van der Waals surface area contributed by atoms with Crippen LogP contribution in [0.25, 0.3) is 5.69 Å². The molecule has 1 heterocycles. The zero-order valence-electron chi connectivity index (χ0n) is 34.3. The molecular weight excluding hydrogens is 898 g/mol. The number of carbonyl (C=O) groups excluding carboxylic acids is 1. The molecule has 1 unspecified atom stereocenters. The number of nitrogens with one attached hydrogen (secondary N) is 1. The zero-order valence-corrected chi connectivity index (χ0v) is 35.9. The molecule has 0 radical (unpaired) electrons. The van der Waals surface area contributed by atoms with Crippen LogP contribution in [0, 0.1) is 10.1 Å². The Balaban J connectivity index is 0.000000320. The molecule has 0 aliphatic heterocycles. The molecular formula is C40H42ClF3N5O14P. The third-order valence-electron chi connectivity index (χ3n) is 8.36. The first-order valence-electron chi connectivity index (χ1n) is 18.4. The van der Waals surface area contributed by atoms with E-state index < -0.39 is 66.5 Å². The van der Waals surface area contributed by atoms with Crippen LogP contribution in [-0.2, 0) is 45.1 Å². The van der Waals surface area contributed by atoms with E-state index in [-0.39, 0.29) is 34.4 Å². The minimum Gasteiger partial charge on any atom is -0.489 e. The lowest BCUT2D eigenvalue weighted by Gasteiger charge is -2.17. The van der Waals surface area contributed by atoms with Gasteiger partial charge in [-0.2, -0.15) is 13.2 Å². The van der Waals surface area contributed by atoms with Crippen LogP contribution in [0.1, 0.15) is 30.7 Å². The summed E-state index contributed by atoms with van der Waals surface area (Å²) in [4.78, 5) is 72.7. The highest BCUT2D eigenvalue weighted by molar-refractivity contribution is 7.51. The lowest BCUT2D eigenvalue weighted by atomic mass is 10.1. The van der Waals surface area contributed by atoms with Gasteiger partial charge in [0, 0.05) is 24.7 Å². The molecule has 5 rings (SSSR count). The largest absolute Gasteiger partial charge is 0.489 e. The van der Waals surface area contributed by atoms with E-state index in [2.05, 4.69) is 5.32 Å². The number of esters is 1. The number of benzene rings is 4. The van der Waals surface area contributed by atoms with Gasteiger partial charge in [0.15, 0.2) is 6.10 Å². The van der Waals surface area contributed by atoms with E-state index in [1.54, 1.807) is 31.2 Å². The van der Waals surface area contributed by atoms with Crippen LogP contribution in [0.4, 0.5) is 24.5 Å². The number of nitrogens with zero attached hydrogens (tertiary/aromatic N) is 3. The lowest BCUT2D eigenvalue weighted by molar-refractivity contribution is -0.383. The van der Waals surface area contributed by atoms with E-state index in [1.165, 1.54) is 43.5 Å². The minimum absolute atomic E-state index is 0.0352. The van der Waals surface area contributed by atoms with Crippen molar-refractivity contribution in [2.45, 2.75) is 39.2 Å². The molecule has 0 saturated carbocycles. The number of aryl methyl sites for hydroxylation is 1. The first-order chi connectivity index (χ1) is 30.0. The van der Waals surface area contributed by atoms with Crippen molar-refractivity contribution in [3.05, 3.63) is 144 Å². The topological polar surface area (TPSA) is 274 Å². The van der Waals surface area contributed by atoms with Crippen molar-refractivity contribution in [2.24, 2.45) is 7.05 Å². The number of aliphatic carboxylic acids is 1. The molecule has 0 aliphatic carbocycles. The summed E-state index contributed by atoms with van der Waals surface area (Å²) in [5.41, 5.74) is 3.44. The van der Waals surface area contributed by atoms with E-state index in [9.17, 15) is 47.0 Å². The molecule has 0 fully saturated rings. The Kier molecular flexibility index (Phi) is 18.6. The Bertz CT molecular complexity index is 2590. The van der Waals surface area contributed by atoms with Crippen molar-refractivity contribution in [1.82, 2.24) is 14.5 Å². The molecule has 24 heteroatoms. The Hall–Kier alpha value is -6.71. The quantitative estimate of drug-likeness (QED) is 0.0262. The smallest absolute Gasteiger partial charge is 0.431 e. The van der Waals surface area contributed by atoms with E-state index in [0.717, 1.165) is 19.0 Å². The van der Waals surface area contributed by atoms with Gasteiger partial charge >= 0.3 is 31.4 Å². The van der Waals surface area contributed by atoms with Gasteiger partial charge in [-0.3, -0.25) is 34.2 Å². The summed E-state index contributed by atoms with van der Waals surface area (Å²) in [5, 5.41) is 20.8. The number of nitrogen functional groups attached to an aromatic ring is 1. The second-order valence-electron chi connectivity index (χ2n) is 13.0. The molecule has 19 nitrogen and oxygen atoms in total. The Morgan fingerprint density at radius 3 is 2.17 bits per heavy atom. The highest BCUT2D eigenvalue weighted by Crippen LogP contribution is 2.39. The fourth-order valence-corrected chi connectivity index (χ4v) is 5.77. The van der Waals surface area contributed by atoms with Gasteiger partial charge < -0.3 is 39.6 Å². The van der Waals surface area contributed by atoms with Crippen molar-refractivity contribution >= 4 is 42.5 Å². The van der Waals surface area contributed by atoms with Gasteiger partial charge in [0.05, 0.1) is 30.6 Å². The molecule has 1 aromatic heterocycles. The van der Waals surface area contributed by atoms with Gasteiger partial charge in [-0.15, -0.1) is 0 Å². The first-order valence-corrected chi connectivity index (χ1v) is 20.6. The summed E-state index contributed by atoms with van der Waals surface area (Å²) in [6, 6.07) is 23.3. The predicted molar refractivity (Wildman–Crippen MR) is 226 cm³/mol. The van der Waals surface area contributed by atoms with Crippen molar-refractivity contribution in [3.63, 3.8) is 0 Å². The summed E-state index contributed by atoms with van der Waals surface area (Å²) >= 11 is 5.94. The van der Waals surface area contributed by atoms with Crippen molar-refractivity contribution < 1.29 is 66.1 Å². The first kappa shape index (κ1) is 51.6. The third kappa shape index (κ3) is 15.3. The Labute approximate surface area is 366 Å². The molecule has 6 N–H and O–H groups in total. The van der Waals surface area contributed by atoms with Gasteiger partial charge in [0.1, 0.15) is 46.0 Å². The van der Waals surface area contributed by atoms with Gasteiger partial charge in [-0.25, -0.2) is 14.2 Å². The number of hydrogen-bond donors (Lipinski definition) is 5. The number of rotatable bonds is 15. The second kappa shape index (κ2) is 23.1. The average Bonchev–Trinajstić information content (AvgIpc) is 3.23. The standard InChI is InChI=1S/C25H25F3N2O6.C12H9ClN2O3.C3H8NO5P/c1-5-16-6-7-17(20(12-16)36-15(2)23(32)34-4)14-35-19-10-8-18(9-11-19)30-22(31)13-21(25(26,27)28)29(3)24(30)33;13-11-10(18-8-4-2-1-3-5-8)7-6-9(12(11)14)15(16)17;5-3(6)1-4-2-10(7,8)9/h6-13,15H,5,14H2,1-4H3;1-7H,14H2;4H,1-2H2,(H,5,6)(H2,7,8,9). The number of carboxylic acid groups (broad SMARTS) is 1. The fraction of sp³-hybridized carbons (Fsp3) is 0.250. The average molecular weight is 940 g/mol. The van der Waals surface area contributed by atoms with E-state index in [1.807, 2.05) is 31.2 Å². The Morgan fingerprint density at radius 1 is 0.984 bits per heavy atom. The van der Waals surface area contributed by atoms with Crippen LogP contribution in [-0.4, -0.2) is 66.9 Å². The predicted octanol–water partition coefficient (Wildman–Crippen LogP) is 6.06. The number of anilines is 1. The SMILES string of the molecule is CCc1ccc(COc2ccc(-n3c(=O)cc(C(F)(F)F)n(C)c3=O)cc2)c(OC(C)C(=O)OC)c1.Nc1c([N+](=O)[O-])ccc(Oc2ccccc2)c1Cl.O=C(O)CNCP(=O)(O)O. The van der Waals surface area contributed by atoms with Crippen molar-refractivity contribution in [3.8, 4) is 28.7 Å². The molecule has 64 heavy (non-hydrogen) atoms. The van der Waals surface area contributed by atoms with Crippen LogP contribution in [0.2, 0.25) is 5.02 Å². The molecule has 0 bridgehead atoms. The highest BCUT2D eigenvalue weighted by atomic mass is 35.5. The number of alkyl halides is 3. The van der Waals surface area contributed by atoms with Gasteiger partial charge in [-0.05, 0) is 67.4 Å². The van der Waals surface area contributed by atoms with Crippen molar-refractivity contribution in [1.29, 1.82) is 0 Å². The molecule has 344 valence electrons. The van der Waals surface area contributed by atoms with E-state index in [0.29, 0.717) is 38.0 Å².